The lowest BCUT2D eigenvalue weighted by molar-refractivity contribution is -0.134. The Morgan fingerprint density at radius 2 is 1.57 bits per heavy atom. The summed E-state index contributed by atoms with van der Waals surface area (Å²) in [6.07, 6.45) is 5.75. The number of piperazine rings is 1. The van der Waals surface area contributed by atoms with Crippen molar-refractivity contribution >= 4 is 17.5 Å². The van der Waals surface area contributed by atoms with Crippen molar-refractivity contribution in [2.75, 3.05) is 45.7 Å². The van der Waals surface area contributed by atoms with E-state index in [2.05, 4.69) is 22.3 Å². The Morgan fingerprint density at radius 1 is 0.943 bits per heavy atom. The Kier molecular flexibility index (Phi) is 8.64. The third-order valence-electron chi connectivity index (χ3n) is 7.26. The molecule has 2 aromatic rings. The van der Waals surface area contributed by atoms with Crippen LogP contribution >= 0.6 is 0 Å². The highest BCUT2D eigenvalue weighted by atomic mass is 16.5. The van der Waals surface area contributed by atoms with Crippen molar-refractivity contribution in [3.63, 3.8) is 0 Å². The lowest BCUT2D eigenvalue weighted by atomic mass is 9.94. The van der Waals surface area contributed by atoms with E-state index in [9.17, 15) is 9.59 Å². The fourth-order valence-electron chi connectivity index (χ4n) is 5.35. The molecule has 0 aromatic heterocycles. The Morgan fingerprint density at radius 3 is 2.17 bits per heavy atom. The lowest BCUT2D eigenvalue weighted by Gasteiger charge is -2.40. The molecule has 2 amide bonds. The second-order valence-electron chi connectivity index (χ2n) is 9.48. The molecule has 0 bridgehead atoms. The van der Waals surface area contributed by atoms with E-state index in [4.69, 9.17) is 9.47 Å². The van der Waals surface area contributed by atoms with Crippen LogP contribution in [-0.2, 0) is 16.0 Å². The monoisotopic (exact) mass is 479 g/mol. The van der Waals surface area contributed by atoms with Crippen LogP contribution < -0.4 is 14.8 Å². The van der Waals surface area contributed by atoms with Crippen LogP contribution in [0.25, 0.3) is 0 Å². The van der Waals surface area contributed by atoms with Gasteiger partial charge in [-0.25, -0.2) is 0 Å². The zero-order valence-electron chi connectivity index (χ0n) is 20.9. The van der Waals surface area contributed by atoms with Gasteiger partial charge in [-0.3, -0.25) is 14.5 Å². The summed E-state index contributed by atoms with van der Waals surface area (Å²) in [5, 5.41) is 3.12. The topological polar surface area (TPSA) is 71.1 Å². The largest absolute Gasteiger partial charge is 0.497 e. The van der Waals surface area contributed by atoms with Crippen LogP contribution in [0.2, 0.25) is 0 Å². The van der Waals surface area contributed by atoms with E-state index >= 15 is 0 Å². The maximum Gasteiger partial charge on any atom is 0.242 e. The summed E-state index contributed by atoms with van der Waals surface area (Å²) in [5.74, 6) is 1.82. The Balaban J connectivity index is 1.38. The zero-order chi connectivity index (χ0) is 24.6. The average Bonchev–Trinajstić information content (AvgIpc) is 3.42. The molecule has 7 heteroatoms. The summed E-state index contributed by atoms with van der Waals surface area (Å²) in [6, 6.07) is 15.4. The minimum absolute atomic E-state index is 0.0102. The first-order valence-electron chi connectivity index (χ1n) is 12.7. The van der Waals surface area contributed by atoms with Gasteiger partial charge >= 0.3 is 0 Å². The van der Waals surface area contributed by atoms with E-state index in [1.165, 1.54) is 18.4 Å². The van der Waals surface area contributed by atoms with Crippen LogP contribution in [-0.4, -0.2) is 68.1 Å². The second-order valence-corrected chi connectivity index (χ2v) is 9.48. The molecular weight excluding hydrogens is 442 g/mol. The molecule has 35 heavy (non-hydrogen) atoms. The number of carbonyl (C=O) groups excluding carboxylic acids is 2. The molecule has 1 aliphatic heterocycles. The van der Waals surface area contributed by atoms with Crippen molar-refractivity contribution in [3.8, 4) is 11.5 Å². The van der Waals surface area contributed by atoms with Gasteiger partial charge in [0.2, 0.25) is 11.8 Å². The summed E-state index contributed by atoms with van der Waals surface area (Å²) in [4.78, 5) is 30.6. The van der Waals surface area contributed by atoms with Crippen molar-refractivity contribution in [2.45, 2.75) is 44.6 Å². The average molecular weight is 480 g/mol. The summed E-state index contributed by atoms with van der Waals surface area (Å²) in [5.41, 5.74) is 1.86. The lowest BCUT2D eigenvalue weighted by Crippen LogP contribution is -2.57. The predicted molar refractivity (Wildman–Crippen MR) is 137 cm³/mol. The number of carbonyl (C=O) groups is 2. The Labute approximate surface area is 208 Å². The van der Waals surface area contributed by atoms with Crippen molar-refractivity contribution in [2.24, 2.45) is 5.92 Å². The van der Waals surface area contributed by atoms with Crippen molar-refractivity contribution < 1.29 is 19.1 Å². The Hall–Kier alpha value is -3.06. The fraction of sp³-hybridized carbons (Fsp3) is 0.500. The van der Waals surface area contributed by atoms with E-state index in [0.717, 1.165) is 19.3 Å². The molecule has 2 aromatic carbocycles. The van der Waals surface area contributed by atoms with Crippen LogP contribution in [0.15, 0.2) is 48.5 Å². The number of amides is 2. The molecule has 1 aliphatic carbocycles. The van der Waals surface area contributed by atoms with E-state index in [1.54, 1.807) is 20.3 Å². The summed E-state index contributed by atoms with van der Waals surface area (Å²) in [7, 11) is 3.20. The van der Waals surface area contributed by atoms with Gasteiger partial charge in [-0.15, -0.1) is 0 Å². The first-order chi connectivity index (χ1) is 17.1. The molecule has 0 spiro atoms. The van der Waals surface area contributed by atoms with Gasteiger partial charge in [0.25, 0.3) is 0 Å². The molecule has 2 aliphatic rings. The molecule has 2 fully saturated rings. The van der Waals surface area contributed by atoms with Crippen LogP contribution in [0.3, 0.4) is 0 Å². The molecule has 1 unspecified atom stereocenters. The number of benzene rings is 2. The number of hydrogen-bond donors (Lipinski definition) is 1. The van der Waals surface area contributed by atoms with Crippen molar-refractivity contribution in [3.05, 3.63) is 54.1 Å². The highest BCUT2D eigenvalue weighted by Gasteiger charge is 2.37. The minimum atomic E-state index is -0.198. The summed E-state index contributed by atoms with van der Waals surface area (Å²) < 4.78 is 10.7. The highest BCUT2D eigenvalue weighted by molar-refractivity contribution is 5.95. The van der Waals surface area contributed by atoms with Gasteiger partial charge in [0.1, 0.15) is 11.5 Å². The zero-order valence-corrected chi connectivity index (χ0v) is 20.9. The maximum atomic E-state index is 13.6. The fourth-order valence-corrected chi connectivity index (χ4v) is 5.35. The van der Waals surface area contributed by atoms with Gasteiger partial charge in [-0.05, 0) is 30.7 Å². The molecular formula is C28H37N3O4. The molecule has 1 N–H and O–H groups in total. The summed E-state index contributed by atoms with van der Waals surface area (Å²) in [6.45, 7) is 2.76. The van der Waals surface area contributed by atoms with Gasteiger partial charge < -0.3 is 19.7 Å². The van der Waals surface area contributed by atoms with E-state index < -0.39 is 0 Å². The van der Waals surface area contributed by atoms with Gasteiger partial charge in [0.15, 0.2) is 0 Å². The van der Waals surface area contributed by atoms with Crippen LogP contribution in [0.1, 0.15) is 37.7 Å². The minimum Gasteiger partial charge on any atom is -0.497 e. The van der Waals surface area contributed by atoms with Gasteiger partial charge in [0, 0.05) is 56.5 Å². The highest BCUT2D eigenvalue weighted by Crippen LogP contribution is 2.32. The number of nitrogens with zero attached hydrogens (tertiary/aromatic N) is 2. The molecule has 1 saturated carbocycles. The molecule has 1 atom stereocenters. The van der Waals surface area contributed by atoms with E-state index in [0.29, 0.717) is 55.7 Å². The number of anilines is 1. The van der Waals surface area contributed by atoms with Crippen LogP contribution in [0.4, 0.5) is 5.69 Å². The number of ether oxygens (including phenoxy) is 2. The second kappa shape index (κ2) is 12.1. The van der Waals surface area contributed by atoms with Gasteiger partial charge in [-0.1, -0.05) is 43.2 Å². The number of aryl methyl sites for hydroxylation is 1. The van der Waals surface area contributed by atoms with Gasteiger partial charge in [-0.2, -0.15) is 0 Å². The molecule has 4 rings (SSSR count). The number of hydrogen-bond acceptors (Lipinski definition) is 5. The predicted octanol–water partition coefficient (Wildman–Crippen LogP) is 3.98. The third-order valence-corrected chi connectivity index (χ3v) is 7.26. The van der Waals surface area contributed by atoms with Gasteiger partial charge in [0.05, 0.1) is 20.3 Å². The number of nitrogens with one attached hydrogen (secondary N) is 1. The first-order valence-corrected chi connectivity index (χ1v) is 12.7. The molecule has 1 saturated heterocycles. The molecule has 0 radical (unpaired) electrons. The number of rotatable bonds is 9. The molecule has 7 nitrogen and oxygen atoms in total. The third kappa shape index (κ3) is 6.54. The maximum absolute atomic E-state index is 13.6. The molecule has 188 valence electrons. The van der Waals surface area contributed by atoms with E-state index in [1.807, 2.05) is 35.2 Å². The standard InChI is InChI=1S/C28H37N3O4/c1-34-24-18-23(19-25(20-24)35-2)29-28(33)27(22-10-6-7-11-22)31-16-14-30(15-17-31)26(32)13-12-21-8-4-3-5-9-21/h3-5,8-9,18-20,22,27H,6-7,10-17H2,1-2H3,(H,29,33). The van der Waals surface area contributed by atoms with E-state index in [-0.39, 0.29) is 17.9 Å². The molecule has 1 heterocycles. The Bertz CT molecular complexity index is 961. The first kappa shape index (κ1) is 25.0. The summed E-state index contributed by atoms with van der Waals surface area (Å²) >= 11 is 0. The SMILES string of the molecule is COc1cc(NC(=O)C(C2CCCC2)N2CCN(C(=O)CCc3ccccc3)CC2)cc(OC)c1. The smallest absolute Gasteiger partial charge is 0.242 e. The van der Waals surface area contributed by atoms with Crippen LogP contribution in [0.5, 0.6) is 11.5 Å². The number of methoxy groups -OCH3 is 2. The normalized spacial score (nSPS) is 17.7. The van der Waals surface area contributed by atoms with Crippen molar-refractivity contribution in [1.82, 2.24) is 9.80 Å². The van der Waals surface area contributed by atoms with Crippen molar-refractivity contribution in [1.29, 1.82) is 0 Å². The van der Waals surface area contributed by atoms with Crippen LogP contribution in [0, 0.1) is 5.92 Å². The quantitative estimate of drug-likeness (QED) is 0.589.